The van der Waals surface area contributed by atoms with Crippen molar-refractivity contribution in [1.29, 1.82) is 0 Å². The highest BCUT2D eigenvalue weighted by Gasteiger charge is 2.37. The molecule has 0 saturated carbocycles. The number of aryl methyl sites for hydroxylation is 1. The lowest BCUT2D eigenvalue weighted by Crippen LogP contribution is -2.54. The van der Waals surface area contributed by atoms with Crippen molar-refractivity contribution in [1.82, 2.24) is 0 Å². The van der Waals surface area contributed by atoms with E-state index in [4.69, 9.17) is 15.2 Å². The number of carbonyl (C=O) groups is 1. The van der Waals surface area contributed by atoms with Crippen molar-refractivity contribution in [2.45, 2.75) is 25.8 Å². The lowest BCUT2D eigenvalue weighted by molar-refractivity contribution is -0.142. The van der Waals surface area contributed by atoms with Crippen LogP contribution in [0.2, 0.25) is 0 Å². The van der Waals surface area contributed by atoms with E-state index in [2.05, 4.69) is 0 Å². The van der Waals surface area contributed by atoms with Gasteiger partial charge in [0.15, 0.2) is 0 Å². The molecule has 0 bridgehead atoms. The molecule has 0 spiro atoms. The van der Waals surface area contributed by atoms with Crippen LogP contribution in [0.3, 0.4) is 0 Å². The Bertz CT molecular complexity index is 452. The van der Waals surface area contributed by atoms with Gasteiger partial charge in [-0.15, -0.1) is 0 Å². The van der Waals surface area contributed by atoms with E-state index in [0.717, 1.165) is 16.7 Å². The van der Waals surface area contributed by atoms with Gasteiger partial charge in [-0.2, -0.15) is 0 Å². The summed E-state index contributed by atoms with van der Waals surface area (Å²) in [6.07, 6.45) is 0.309. The van der Waals surface area contributed by atoms with Crippen molar-refractivity contribution in [3.05, 3.63) is 34.9 Å². The van der Waals surface area contributed by atoms with Gasteiger partial charge < -0.3 is 15.2 Å². The molecule has 1 aromatic carbocycles. The van der Waals surface area contributed by atoms with Gasteiger partial charge in [0.1, 0.15) is 0 Å². The Morgan fingerprint density at radius 2 is 2.22 bits per heavy atom. The van der Waals surface area contributed by atoms with Gasteiger partial charge in [-0.25, -0.2) is 0 Å². The molecule has 0 amide bonds. The summed E-state index contributed by atoms with van der Waals surface area (Å²) in [5.41, 5.74) is 9.01. The standard InChI is InChI=1S/C14H19NO3/c1-3-18-13(16)7-11-4-5-12(10(2)6-11)14(15)8-17-9-14/h4-6H,3,7-9,15H2,1-2H3. The summed E-state index contributed by atoms with van der Waals surface area (Å²) < 4.78 is 10.1. The van der Waals surface area contributed by atoms with Crippen molar-refractivity contribution in [2.24, 2.45) is 5.73 Å². The zero-order chi connectivity index (χ0) is 13.2. The smallest absolute Gasteiger partial charge is 0.310 e. The number of hydrogen-bond donors (Lipinski definition) is 1. The molecule has 1 aliphatic rings. The zero-order valence-corrected chi connectivity index (χ0v) is 10.9. The first-order chi connectivity index (χ1) is 8.55. The van der Waals surface area contributed by atoms with Crippen LogP contribution in [0.4, 0.5) is 0 Å². The second kappa shape index (κ2) is 5.08. The maximum Gasteiger partial charge on any atom is 0.310 e. The number of ether oxygens (including phenoxy) is 2. The van der Waals surface area contributed by atoms with Crippen molar-refractivity contribution in [3.8, 4) is 0 Å². The summed E-state index contributed by atoms with van der Waals surface area (Å²) in [6.45, 7) is 5.35. The number of esters is 1. The number of nitrogens with two attached hydrogens (primary N) is 1. The highest BCUT2D eigenvalue weighted by atomic mass is 16.5. The average Bonchev–Trinajstić information content (AvgIpc) is 2.26. The maximum atomic E-state index is 11.4. The third kappa shape index (κ3) is 2.54. The van der Waals surface area contributed by atoms with E-state index in [1.807, 2.05) is 25.1 Å². The summed E-state index contributed by atoms with van der Waals surface area (Å²) >= 11 is 0. The maximum absolute atomic E-state index is 11.4. The van der Waals surface area contributed by atoms with E-state index in [-0.39, 0.29) is 11.5 Å². The fourth-order valence-electron chi connectivity index (χ4n) is 2.25. The number of hydrogen-bond acceptors (Lipinski definition) is 4. The van der Waals surface area contributed by atoms with E-state index in [0.29, 0.717) is 26.2 Å². The van der Waals surface area contributed by atoms with Gasteiger partial charge in [0.05, 0.1) is 31.8 Å². The summed E-state index contributed by atoms with van der Waals surface area (Å²) in [5.74, 6) is -0.195. The van der Waals surface area contributed by atoms with Crippen LogP contribution < -0.4 is 5.73 Å². The lowest BCUT2D eigenvalue weighted by Gasteiger charge is -2.39. The van der Waals surface area contributed by atoms with E-state index >= 15 is 0 Å². The SMILES string of the molecule is CCOC(=O)Cc1ccc(C2(N)COC2)c(C)c1. The summed E-state index contributed by atoms with van der Waals surface area (Å²) in [6, 6.07) is 5.93. The molecule has 1 fully saturated rings. The fraction of sp³-hybridized carbons (Fsp3) is 0.500. The molecule has 1 heterocycles. The predicted octanol–water partition coefficient (Wildman–Crippen LogP) is 1.28. The van der Waals surface area contributed by atoms with Crippen LogP contribution >= 0.6 is 0 Å². The molecule has 18 heavy (non-hydrogen) atoms. The molecule has 2 rings (SSSR count). The Kier molecular flexibility index (Phi) is 3.68. The normalized spacial score (nSPS) is 17.1. The van der Waals surface area contributed by atoms with Gasteiger partial charge in [0.2, 0.25) is 0 Å². The molecule has 0 atom stereocenters. The first kappa shape index (κ1) is 13.1. The summed E-state index contributed by atoms with van der Waals surface area (Å²) in [4.78, 5) is 11.4. The third-order valence-corrected chi connectivity index (χ3v) is 3.20. The quantitative estimate of drug-likeness (QED) is 0.817. The molecule has 2 N–H and O–H groups in total. The molecular formula is C14H19NO3. The van der Waals surface area contributed by atoms with Crippen LogP contribution in [-0.2, 0) is 26.2 Å². The van der Waals surface area contributed by atoms with E-state index < -0.39 is 0 Å². The summed E-state index contributed by atoms with van der Waals surface area (Å²) in [5, 5.41) is 0. The van der Waals surface area contributed by atoms with Crippen molar-refractivity contribution >= 4 is 5.97 Å². The Labute approximate surface area is 107 Å². The van der Waals surface area contributed by atoms with Gasteiger partial charge in [-0.1, -0.05) is 18.2 Å². The molecule has 1 aromatic rings. The molecular weight excluding hydrogens is 230 g/mol. The Morgan fingerprint density at radius 3 is 2.72 bits per heavy atom. The zero-order valence-electron chi connectivity index (χ0n) is 10.9. The molecule has 1 aliphatic heterocycles. The molecule has 4 nitrogen and oxygen atoms in total. The predicted molar refractivity (Wildman–Crippen MR) is 68.2 cm³/mol. The Morgan fingerprint density at radius 1 is 1.50 bits per heavy atom. The van der Waals surface area contributed by atoms with Crippen LogP contribution in [0.15, 0.2) is 18.2 Å². The number of carbonyl (C=O) groups excluding carboxylic acids is 1. The Balaban J connectivity index is 2.12. The summed E-state index contributed by atoms with van der Waals surface area (Å²) in [7, 11) is 0. The number of benzene rings is 1. The minimum Gasteiger partial charge on any atom is -0.466 e. The largest absolute Gasteiger partial charge is 0.466 e. The van der Waals surface area contributed by atoms with Crippen molar-refractivity contribution < 1.29 is 14.3 Å². The second-order valence-electron chi connectivity index (χ2n) is 4.78. The van der Waals surface area contributed by atoms with Crippen LogP contribution in [0.25, 0.3) is 0 Å². The van der Waals surface area contributed by atoms with Crippen LogP contribution in [0, 0.1) is 6.92 Å². The molecule has 0 aromatic heterocycles. The molecule has 98 valence electrons. The molecule has 0 unspecified atom stereocenters. The van der Waals surface area contributed by atoms with Crippen LogP contribution in [0.1, 0.15) is 23.6 Å². The first-order valence-electron chi connectivity index (χ1n) is 6.17. The highest BCUT2D eigenvalue weighted by molar-refractivity contribution is 5.72. The lowest BCUT2D eigenvalue weighted by atomic mass is 9.85. The minimum atomic E-state index is -0.355. The molecule has 0 radical (unpaired) electrons. The van der Waals surface area contributed by atoms with Crippen LogP contribution in [0.5, 0.6) is 0 Å². The highest BCUT2D eigenvalue weighted by Crippen LogP contribution is 2.29. The monoisotopic (exact) mass is 249 g/mol. The molecule has 4 heteroatoms. The van der Waals surface area contributed by atoms with Crippen molar-refractivity contribution in [2.75, 3.05) is 19.8 Å². The molecule has 0 aliphatic carbocycles. The van der Waals surface area contributed by atoms with Crippen LogP contribution in [-0.4, -0.2) is 25.8 Å². The molecule has 1 saturated heterocycles. The van der Waals surface area contributed by atoms with Crippen molar-refractivity contribution in [3.63, 3.8) is 0 Å². The second-order valence-corrected chi connectivity index (χ2v) is 4.78. The van der Waals surface area contributed by atoms with Gasteiger partial charge in [0.25, 0.3) is 0 Å². The van der Waals surface area contributed by atoms with E-state index in [9.17, 15) is 4.79 Å². The average molecular weight is 249 g/mol. The van der Waals surface area contributed by atoms with Gasteiger partial charge in [0, 0.05) is 0 Å². The van der Waals surface area contributed by atoms with E-state index in [1.54, 1.807) is 6.92 Å². The third-order valence-electron chi connectivity index (χ3n) is 3.20. The minimum absolute atomic E-state index is 0.195. The van der Waals surface area contributed by atoms with Gasteiger partial charge >= 0.3 is 5.97 Å². The number of rotatable bonds is 4. The topological polar surface area (TPSA) is 61.5 Å². The Hall–Kier alpha value is -1.39. The van der Waals surface area contributed by atoms with E-state index in [1.165, 1.54) is 0 Å². The first-order valence-corrected chi connectivity index (χ1v) is 6.17. The fourth-order valence-corrected chi connectivity index (χ4v) is 2.25. The van der Waals surface area contributed by atoms with Gasteiger partial charge in [-0.3, -0.25) is 4.79 Å². The van der Waals surface area contributed by atoms with Gasteiger partial charge in [-0.05, 0) is 30.5 Å².